The van der Waals surface area contributed by atoms with Gasteiger partial charge >= 0.3 is 0 Å². The van der Waals surface area contributed by atoms with E-state index in [1.165, 1.54) is 6.07 Å². The monoisotopic (exact) mass is 261 g/mol. The van der Waals surface area contributed by atoms with E-state index in [9.17, 15) is 4.39 Å². The second-order valence-electron chi connectivity index (χ2n) is 2.94. The van der Waals surface area contributed by atoms with Crippen molar-refractivity contribution in [3.63, 3.8) is 0 Å². The van der Waals surface area contributed by atoms with E-state index >= 15 is 0 Å². The molecule has 0 aromatic heterocycles. The molecule has 14 heavy (non-hydrogen) atoms. The van der Waals surface area contributed by atoms with Crippen LogP contribution in [0, 0.1) is 5.82 Å². The first kappa shape index (κ1) is 11.6. The number of nitrogens with two attached hydrogens (primary N) is 1. The molecule has 0 bridgehead atoms. The first-order chi connectivity index (χ1) is 6.65. The van der Waals surface area contributed by atoms with Gasteiger partial charge in [-0.3, -0.25) is 0 Å². The fourth-order valence-electron chi connectivity index (χ4n) is 1.08. The third-order valence-electron chi connectivity index (χ3n) is 1.87. The molecule has 0 saturated heterocycles. The van der Waals surface area contributed by atoms with Crippen LogP contribution in [-0.2, 0) is 4.74 Å². The van der Waals surface area contributed by atoms with E-state index in [1.54, 1.807) is 12.1 Å². The van der Waals surface area contributed by atoms with Gasteiger partial charge in [-0.15, -0.1) is 0 Å². The Morgan fingerprint density at radius 1 is 1.57 bits per heavy atom. The molecule has 1 unspecified atom stereocenters. The molecule has 0 aliphatic carbocycles. The minimum Gasteiger partial charge on any atom is -0.380 e. The second-order valence-corrected chi connectivity index (χ2v) is 3.79. The Kier molecular flexibility index (Phi) is 4.51. The molecule has 0 radical (unpaired) electrons. The molecule has 4 heteroatoms. The molecule has 0 fully saturated rings. The number of rotatable bonds is 4. The van der Waals surface area contributed by atoms with Gasteiger partial charge in [-0.1, -0.05) is 6.07 Å². The van der Waals surface area contributed by atoms with Gasteiger partial charge in [-0.25, -0.2) is 4.39 Å². The Labute approximate surface area is 91.4 Å². The van der Waals surface area contributed by atoms with Crippen LogP contribution in [0.25, 0.3) is 0 Å². The van der Waals surface area contributed by atoms with E-state index in [-0.39, 0.29) is 11.9 Å². The van der Waals surface area contributed by atoms with E-state index in [0.29, 0.717) is 17.7 Å². The molecular weight excluding hydrogens is 249 g/mol. The molecule has 0 aliphatic heterocycles. The Balaban J connectivity index is 2.70. The molecule has 1 aromatic rings. The van der Waals surface area contributed by atoms with Crippen molar-refractivity contribution in [3.05, 3.63) is 34.1 Å². The van der Waals surface area contributed by atoms with Crippen LogP contribution in [0.4, 0.5) is 4.39 Å². The fourth-order valence-corrected chi connectivity index (χ4v) is 1.33. The van der Waals surface area contributed by atoms with Gasteiger partial charge in [-0.2, -0.15) is 0 Å². The van der Waals surface area contributed by atoms with Crippen LogP contribution in [0.1, 0.15) is 18.5 Å². The minimum atomic E-state index is -0.297. The Morgan fingerprint density at radius 3 is 2.86 bits per heavy atom. The van der Waals surface area contributed by atoms with Gasteiger partial charge in [0.1, 0.15) is 5.82 Å². The van der Waals surface area contributed by atoms with Crippen LogP contribution in [0.2, 0.25) is 0 Å². The Bertz CT molecular complexity index is 306. The normalized spacial score (nSPS) is 12.9. The molecule has 0 aliphatic rings. The number of ether oxygens (including phenoxy) is 1. The predicted octanol–water partition coefficient (Wildman–Crippen LogP) is 2.62. The first-order valence-electron chi connectivity index (χ1n) is 4.43. The topological polar surface area (TPSA) is 35.2 Å². The Morgan fingerprint density at radius 2 is 2.29 bits per heavy atom. The lowest BCUT2D eigenvalue weighted by molar-refractivity contribution is 0.133. The third-order valence-corrected chi connectivity index (χ3v) is 2.52. The summed E-state index contributed by atoms with van der Waals surface area (Å²) in [5.74, 6) is -0.297. The van der Waals surface area contributed by atoms with Gasteiger partial charge in [-0.05, 0) is 40.5 Å². The largest absolute Gasteiger partial charge is 0.380 e. The maximum atomic E-state index is 13.1. The summed E-state index contributed by atoms with van der Waals surface area (Å²) in [4.78, 5) is 0. The zero-order valence-electron chi connectivity index (χ0n) is 7.97. The van der Waals surface area contributed by atoms with Gasteiger partial charge < -0.3 is 10.5 Å². The summed E-state index contributed by atoms with van der Waals surface area (Å²) >= 11 is 3.08. The molecule has 0 amide bonds. The summed E-state index contributed by atoms with van der Waals surface area (Å²) in [5, 5.41) is 0. The smallest absolute Gasteiger partial charge is 0.137 e. The van der Waals surface area contributed by atoms with Gasteiger partial charge in [0.25, 0.3) is 0 Å². The van der Waals surface area contributed by atoms with Crippen LogP contribution in [-0.4, -0.2) is 13.2 Å². The quantitative estimate of drug-likeness (QED) is 0.905. The molecule has 1 atom stereocenters. The van der Waals surface area contributed by atoms with E-state index in [2.05, 4.69) is 15.9 Å². The molecule has 2 nitrogen and oxygen atoms in total. The summed E-state index contributed by atoms with van der Waals surface area (Å²) in [5.41, 5.74) is 6.54. The van der Waals surface area contributed by atoms with Crippen molar-refractivity contribution in [2.24, 2.45) is 5.73 Å². The summed E-state index contributed by atoms with van der Waals surface area (Å²) in [6.07, 6.45) is 0. The maximum Gasteiger partial charge on any atom is 0.137 e. The van der Waals surface area contributed by atoms with Gasteiger partial charge in [0, 0.05) is 6.61 Å². The van der Waals surface area contributed by atoms with E-state index < -0.39 is 0 Å². The molecule has 0 heterocycles. The summed E-state index contributed by atoms with van der Waals surface area (Å²) in [6.45, 7) is 2.93. The number of benzene rings is 1. The van der Waals surface area contributed by atoms with Crippen molar-refractivity contribution in [2.45, 2.75) is 13.0 Å². The maximum absolute atomic E-state index is 13.1. The first-order valence-corrected chi connectivity index (χ1v) is 5.22. The summed E-state index contributed by atoms with van der Waals surface area (Å²) < 4.78 is 18.7. The second kappa shape index (κ2) is 5.44. The number of halogens is 2. The van der Waals surface area contributed by atoms with Gasteiger partial charge in [0.05, 0.1) is 17.1 Å². The average Bonchev–Trinajstić information content (AvgIpc) is 2.18. The van der Waals surface area contributed by atoms with Crippen molar-refractivity contribution >= 4 is 15.9 Å². The van der Waals surface area contributed by atoms with Crippen molar-refractivity contribution in [2.75, 3.05) is 13.2 Å². The van der Waals surface area contributed by atoms with Crippen molar-refractivity contribution in [1.29, 1.82) is 0 Å². The molecule has 1 rings (SSSR count). The minimum absolute atomic E-state index is 0.266. The highest BCUT2D eigenvalue weighted by Gasteiger charge is 2.08. The van der Waals surface area contributed by atoms with Crippen molar-refractivity contribution in [1.82, 2.24) is 0 Å². The number of hydrogen-bond donors (Lipinski definition) is 1. The molecule has 2 N–H and O–H groups in total. The van der Waals surface area contributed by atoms with E-state index in [4.69, 9.17) is 10.5 Å². The lowest BCUT2D eigenvalue weighted by Gasteiger charge is -2.11. The predicted molar refractivity (Wildman–Crippen MR) is 57.5 cm³/mol. The molecule has 0 saturated carbocycles. The molecule has 1 aromatic carbocycles. The molecule has 0 spiro atoms. The molecular formula is C10H13BrFNO. The fraction of sp³-hybridized carbons (Fsp3) is 0.400. The van der Waals surface area contributed by atoms with Gasteiger partial charge in [0.2, 0.25) is 0 Å². The number of hydrogen-bond acceptors (Lipinski definition) is 2. The van der Waals surface area contributed by atoms with Crippen LogP contribution >= 0.6 is 15.9 Å². The third kappa shape index (κ3) is 3.04. The zero-order valence-corrected chi connectivity index (χ0v) is 9.55. The highest BCUT2D eigenvalue weighted by atomic mass is 79.9. The SMILES string of the molecule is CCOCC(N)c1ccc(Br)c(F)c1. The lowest BCUT2D eigenvalue weighted by Crippen LogP contribution is -2.17. The van der Waals surface area contributed by atoms with Crippen LogP contribution in [0.3, 0.4) is 0 Å². The van der Waals surface area contributed by atoms with E-state index in [0.717, 1.165) is 5.56 Å². The highest BCUT2D eigenvalue weighted by molar-refractivity contribution is 9.10. The lowest BCUT2D eigenvalue weighted by atomic mass is 10.1. The van der Waals surface area contributed by atoms with Crippen LogP contribution in [0.15, 0.2) is 22.7 Å². The standard InChI is InChI=1S/C10H13BrFNO/c1-2-14-6-10(13)7-3-4-8(11)9(12)5-7/h3-5,10H,2,6,13H2,1H3. The Hall–Kier alpha value is -0.450. The molecule has 78 valence electrons. The van der Waals surface area contributed by atoms with Crippen molar-refractivity contribution in [3.8, 4) is 0 Å². The van der Waals surface area contributed by atoms with Crippen LogP contribution < -0.4 is 5.73 Å². The average molecular weight is 262 g/mol. The highest BCUT2D eigenvalue weighted by Crippen LogP contribution is 2.19. The van der Waals surface area contributed by atoms with E-state index in [1.807, 2.05) is 6.92 Å². The zero-order chi connectivity index (χ0) is 10.6. The summed E-state index contributed by atoms with van der Waals surface area (Å²) in [6, 6.07) is 4.60. The van der Waals surface area contributed by atoms with Crippen molar-refractivity contribution < 1.29 is 9.13 Å². The summed E-state index contributed by atoms with van der Waals surface area (Å²) in [7, 11) is 0. The van der Waals surface area contributed by atoms with Crippen LogP contribution in [0.5, 0.6) is 0 Å². The van der Waals surface area contributed by atoms with Gasteiger partial charge in [0.15, 0.2) is 0 Å².